The molecule has 0 spiro atoms. The first kappa shape index (κ1) is 17.4. The summed E-state index contributed by atoms with van der Waals surface area (Å²) in [6.07, 6.45) is 5.20. The molecule has 0 unspecified atom stereocenters. The van der Waals surface area contributed by atoms with Gasteiger partial charge >= 0.3 is 0 Å². The van der Waals surface area contributed by atoms with Crippen LogP contribution in [0.1, 0.15) is 5.69 Å². The highest BCUT2D eigenvalue weighted by Crippen LogP contribution is 2.23. The standard InChI is InChI=1S/C22H20N2O2/c1-4-9-17(5-2)15-26-21-14-20(25)19-13-12-16(3)23-22(19)24(21)18-10-7-6-8-11-18/h4-14H,1-2,15H2,3H3/b17-9+. The summed E-state index contributed by atoms with van der Waals surface area (Å²) in [5, 5.41) is 0.553. The van der Waals surface area contributed by atoms with Gasteiger partial charge in [-0.25, -0.2) is 4.98 Å². The van der Waals surface area contributed by atoms with Crippen LogP contribution in [0.3, 0.4) is 0 Å². The Hall–Kier alpha value is -3.40. The second-order valence-corrected chi connectivity index (χ2v) is 5.81. The third-order valence-corrected chi connectivity index (χ3v) is 3.96. The third-order valence-electron chi connectivity index (χ3n) is 3.96. The molecule has 0 aliphatic heterocycles. The highest BCUT2D eigenvalue weighted by atomic mass is 16.5. The number of hydrogen-bond donors (Lipinski definition) is 0. The molecule has 0 N–H and O–H groups in total. The number of para-hydroxylation sites is 1. The molecule has 0 atom stereocenters. The number of hydrogen-bond acceptors (Lipinski definition) is 3. The fourth-order valence-electron chi connectivity index (χ4n) is 2.68. The Kier molecular flexibility index (Phi) is 5.13. The van der Waals surface area contributed by atoms with Crippen molar-refractivity contribution >= 4 is 11.0 Å². The summed E-state index contributed by atoms with van der Waals surface area (Å²) in [4.78, 5) is 17.1. The van der Waals surface area contributed by atoms with Gasteiger partial charge in [0.1, 0.15) is 6.61 Å². The SMILES string of the molecule is C=C/C=C(\C=C)COc1cc(=O)c2ccc(C)nc2n1-c1ccccc1. The molecule has 130 valence electrons. The van der Waals surface area contributed by atoms with Gasteiger partial charge in [-0.1, -0.05) is 49.6 Å². The van der Waals surface area contributed by atoms with E-state index < -0.39 is 0 Å². The molecule has 0 saturated heterocycles. The van der Waals surface area contributed by atoms with Crippen molar-refractivity contribution in [3.63, 3.8) is 0 Å². The summed E-state index contributed by atoms with van der Waals surface area (Å²) < 4.78 is 7.82. The minimum atomic E-state index is -0.123. The van der Waals surface area contributed by atoms with Crippen molar-refractivity contribution in [2.45, 2.75) is 6.92 Å². The first-order valence-electron chi connectivity index (χ1n) is 8.29. The second-order valence-electron chi connectivity index (χ2n) is 5.81. The Morgan fingerprint density at radius 2 is 1.96 bits per heavy atom. The molecule has 26 heavy (non-hydrogen) atoms. The van der Waals surface area contributed by atoms with Crippen molar-refractivity contribution in [3.8, 4) is 11.6 Å². The molecule has 0 bridgehead atoms. The van der Waals surface area contributed by atoms with Crippen LogP contribution in [-0.2, 0) is 0 Å². The molecule has 0 saturated carbocycles. The molecule has 0 amide bonds. The normalized spacial score (nSPS) is 11.3. The van der Waals surface area contributed by atoms with Crippen molar-refractivity contribution < 1.29 is 4.74 Å². The minimum absolute atomic E-state index is 0.123. The largest absolute Gasteiger partial charge is 0.474 e. The van der Waals surface area contributed by atoms with Crippen LogP contribution in [0.15, 0.2) is 90.3 Å². The topological polar surface area (TPSA) is 44.1 Å². The molecule has 3 rings (SSSR count). The van der Waals surface area contributed by atoms with Crippen LogP contribution >= 0.6 is 0 Å². The maximum atomic E-state index is 12.6. The summed E-state index contributed by atoms with van der Waals surface area (Å²) in [6.45, 7) is 9.64. The van der Waals surface area contributed by atoms with Gasteiger partial charge in [-0.2, -0.15) is 0 Å². The molecular weight excluding hydrogens is 324 g/mol. The number of nitrogens with zero attached hydrogens (tertiary/aromatic N) is 2. The van der Waals surface area contributed by atoms with E-state index in [0.717, 1.165) is 17.0 Å². The Bertz CT molecular complexity index is 1050. The lowest BCUT2D eigenvalue weighted by Gasteiger charge is -2.17. The second kappa shape index (κ2) is 7.66. The summed E-state index contributed by atoms with van der Waals surface area (Å²) in [7, 11) is 0. The highest BCUT2D eigenvalue weighted by molar-refractivity contribution is 5.78. The monoisotopic (exact) mass is 344 g/mol. The van der Waals surface area contributed by atoms with Crippen LogP contribution in [0.5, 0.6) is 5.88 Å². The van der Waals surface area contributed by atoms with Crippen LogP contribution in [0.2, 0.25) is 0 Å². The molecule has 1 aromatic carbocycles. The van der Waals surface area contributed by atoms with E-state index in [2.05, 4.69) is 18.1 Å². The molecule has 0 fully saturated rings. The quantitative estimate of drug-likeness (QED) is 0.624. The van der Waals surface area contributed by atoms with E-state index in [1.54, 1.807) is 18.2 Å². The van der Waals surface area contributed by atoms with Crippen molar-refractivity contribution in [2.24, 2.45) is 0 Å². The van der Waals surface area contributed by atoms with Crippen LogP contribution in [0.25, 0.3) is 16.7 Å². The molecule has 4 nitrogen and oxygen atoms in total. The zero-order chi connectivity index (χ0) is 18.5. The van der Waals surface area contributed by atoms with Gasteiger partial charge in [0, 0.05) is 11.8 Å². The summed E-state index contributed by atoms with van der Waals surface area (Å²) in [5.74, 6) is 0.434. The lowest BCUT2D eigenvalue weighted by Crippen LogP contribution is -2.14. The zero-order valence-corrected chi connectivity index (χ0v) is 14.7. The van der Waals surface area contributed by atoms with E-state index >= 15 is 0 Å². The fraction of sp³-hybridized carbons (Fsp3) is 0.0909. The Labute approximate surface area is 152 Å². The average Bonchev–Trinajstić information content (AvgIpc) is 2.65. The van der Waals surface area contributed by atoms with E-state index in [0.29, 0.717) is 16.9 Å². The van der Waals surface area contributed by atoms with E-state index in [9.17, 15) is 4.79 Å². The lowest BCUT2D eigenvalue weighted by atomic mass is 10.2. The van der Waals surface area contributed by atoms with Gasteiger partial charge < -0.3 is 4.74 Å². The van der Waals surface area contributed by atoms with Crippen LogP contribution < -0.4 is 10.2 Å². The molecular formula is C22H20N2O2. The predicted octanol–water partition coefficient (Wildman–Crippen LogP) is 4.37. The highest BCUT2D eigenvalue weighted by Gasteiger charge is 2.13. The Morgan fingerprint density at radius 3 is 2.65 bits per heavy atom. The summed E-state index contributed by atoms with van der Waals surface area (Å²) >= 11 is 0. The molecule has 2 heterocycles. The number of aromatic nitrogens is 2. The van der Waals surface area contributed by atoms with Gasteiger partial charge in [0.05, 0.1) is 11.1 Å². The Morgan fingerprint density at radius 1 is 1.19 bits per heavy atom. The molecule has 0 aliphatic carbocycles. The summed E-state index contributed by atoms with van der Waals surface area (Å²) in [5.41, 5.74) is 3.02. The van der Waals surface area contributed by atoms with Gasteiger partial charge in [-0.05, 0) is 36.8 Å². The smallest absolute Gasteiger partial charge is 0.204 e. The third kappa shape index (κ3) is 3.49. The first-order valence-corrected chi connectivity index (χ1v) is 8.29. The van der Waals surface area contributed by atoms with Crippen molar-refractivity contribution in [3.05, 3.63) is 101 Å². The summed E-state index contributed by atoms with van der Waals surface area (Å²) in [6, 6.07) is 14.9. The van der Waals surface area contributed by atoms with Crippen molar-refractivity contribution in [2.75, 3.05) is 6.61 Å². The maximum absolute atomic E-state index is 12.6. The molecule has 3 aromatic rings. The minimum Gasteiger partial charge on any atom is -0.474 e. The predicted molar refractivity (Wildman–Crippen MR) is 106 cm³/mol. The number of ether oxygens (including phenoxy) is 1. The number of allylic oxidation sites excluding steroid dienone is 2. The van der Waals surface area contributed by atoms with Crippen LogP contribution in [-0.4, -0.2) is 16.2 Å². The van der Waals surface area contributed by atoms with Crippen LogP contribution in [0, 0.1) is 6.92 Å². The van der Waals surface area contributed by atoms with Gasteiger partial charge in [-0.3, -0.25) is 9.36 Å². The van der Waals surface area contributed by atoms with E-state index in [1.807, 2.05) is 54.0 Å². The molecule has 2 aromatic heterocycles. The lowest BCUT2D eigenvalue weighted by molar-refractivity contribution is 0.334. The van der Waals surface area contributed by atoms with Crippen molar-refractivity contribution in [1.29, 1.82) is 0 Å². The molecule has 4 heteroatoms. The van der Waals surface area contributed by atoms with E-state index in [-0.39, 0.29) is 12.0 Å². The zero-order valence-electron chi connectivity index (χ0n) is 14.7. The van der Waals surface area contributed by atoms with Gasteiger partial charge in [-0.15, -0.1) is 0 Å². The van der Waals surface area contributed by atoms with E-state index in [4.69, 9.17) is 4.74 Å². The molecule has 0 radical (unpaired) electrons. The average molecular weight is 344 g/mol. The van der Waals surface area contributed by atoms with Gasteiger partial charge in [0.15, 0.2) is 11.1 Å². The van der Waals surface area contributed by atoms with Gasteiger partial charge in [0.2, 0.25) is 5.88 Å². The molecule has 0 aliphatic rings. The van der Waals surface area contributed by atoms with Crippen molar-refractivity contribution in [1.82, 2.24) is 9.55 Å². The van der Waals surface area contributed by atoms with Gasteiger partial charge in [0.25, 0.3) is 0 Å². The van der Waals surface area contributed by atoms with E-state index in [1.165, 1.54) is 6.07 Å². The number of pyridine rings is 2. The maximum Gasteiger partial charge on any atom is 0.204 e. The number of fused-ring (bicyclic) bond motifs is 1. The number of benzene rings is 1. The Balaban J connectivity index is 2.21. The van der Waals surface area contributed by atoms with Crippen LogP contribution in [0.4, 0.5) is 0 Å². The fourth-order valence-corrected chi connectivity index (χ4v) is 2.68. The first-order chi connectivity index (χ1) is 12.6. The number of rotatable bonds is 6. The number of aryl methyl sites for hydroxylation is 1.